The molecule has 1 saturated heterocycles. The maximum atomic E-state index is 12.1. The minimum Gasteiger partial charge on any atom is -0.294 e. The number of nitrogens with zero attached hydrogens (tertiary/aromatic N) is 3. The smallest absolute Gasteiger partial charge is 0.269 e. The average Bonchev–Trinajstić information content (AvgIpc) is 2.53. The highest BCUT2D eigenvalue weighted by molar-refractivity contribution is 6.34. The van der Waals surface area contributed by atoms with Crippen molar-refractivity contribution in [3.05, 3.63) is 62.1 Å². The van der Waals surface area contributed by atoms with Crippen molar-refractivity contribution in [3.8, 4) is 0 Å². The highest BCUT2D eigenvalue weighted by Crippen LogP contribution is 2.37. The quantitative estimate of drug-likeness (QED) is 0.371. The molecule has 3 rings (SSSR count). The van der Waals surface area contributed by atoms with Crippen LogP contribution in [0, 0.1) is 17.0 Å². The molecule has 0 saturated carbocycles. The number of nitro benzene ring substituents is 1. The Morgan fingerprint density at radius 3 is 2.58 bits per heavy atom. The van der Waals surface area contributed by atoms with Gasteiger partial charge in [-0.1, -0.05) is 23.7 Å². The number of hydrogen-bond donors (Lipinski definition) is 2. The minimum absolute atomic E-state index is 0.0721. The number of benzene rings is 1. The van der Waals surface area contributed by atoms with Gasteiger partial charge in [-0.25, -0.2) is 4.98 Å². The third-order valence-corrected chi connectivity index (χ3v) is 3.98. The maximum absolute atomic E-state index is 12.1. The summed E-state index contributed by atoms with van der Waals surface area (Å²) < 4.78 is 0. The van der Waals surface area contributed by atoms with Gasteiger partial charge in [0.05, 0.1) is 4.92 Å². The van der Waals surface area contributed by atoms with E-state index in [0.29, 0.717) is 11.3 Å². The first-order valence-corrected chi connectivity index (χ1v) is 7.35. The minimum atomic E-state index is -0.934. The van der Waals surface area contributed by atoms with Crippen molar-refractivity contribution in [2.75, 3.05) is 5.43 Å². The van der Waals surface area contributed by atoms with Gasteiger partial charge in [0.2, 0.25) is 5.95 Å². The van der Waals surface area contributed by atoms with Crippen molar-refractivity contribution >= 4 is 29.0 Å². The van der Waals surface area contributed by atoms with E-state index in [1.54, 1.807) is 6.92 Å². The first kappa shape index (κ1) is 16.1. The van der Waals surface area contributed by atoms with Crippen LogP contribution in [-0.2, 0) is 4.79 Å². The van der Waals surface area contributed by atoms with Crippen molar-refractivity contribution in [3.63, 3.8) is 0 Å². The monoisotopic (exact) mass is 349 g/mol. The van der Waals surface area contributed by atoms with Crippen LogP contribution in [0.15, 0.2) is 35.1 Å². The van der Waals surface area contributed by atoms with Gasteiger partial charge < -0.3 is 0 Å². The number of hydrogen-bond acceptors (Lipinski definition) is 7. The molecule has 1 aliphatic heterocycles. The predicted octanol–water partition coefficient (Wildman–Crippen LogP) is 1.50. The molecular weight excluding hydrogens is 338 g/mol. The summed E-state index contributed by atoms with van der Waals surface area (Å²) in [6, 6.07) is 6.22. The third kappa shape index (κ3) is 2.86. The lowest BCUT2D eigenvalue weighted by molar-refractivity contribution is -0.384. The fraction of sp³-hybridized carbons (Fsp3) is 0.214. The number of anilines is 1. The molecule has 10 heteroatoms. The summed E-state index contributed by atoms with van der Waals surface area (Å²) in [5, 5.41) is 12.1. The van der Waals surface area contributed by atoms with Crippen LogP contribution in [0.25, 0.3) is 0 Å². The number of carbonyl (C=O) groups is 1. The molecule has 1 aromatic heterocycles. The van der Waals surface area contributed by atoms with Crippen LogP contribution in [0.5, 0.6) is 0 Å². The van der Waals surface area contributed by atoms with Gasteiger partial charge in [-0.15, -0.1) is 0 Å². The summed E-state index contributed by atoms with van der Waals surface area (Å²) in [7, 11) is 0. The summed E-state index contributed by atoms with van der Waals surface area (Å²) in [5.74, 6) is -0.0990. The summed E-state index contributed by atoms with van der Waals surface area (Å²) in [6.45, 7) is 1.66. The number of aromatic nitrogens is 2. The highest BCUT2D eigenvalue weighted by atomic mass is 35.5. The number of carbonyl (C=O) groups excluding carboxylic acids is 1. The normalized spacial score (nSPS) is 20.5. The molecule has 2 aromatic rings. The molecule has 1 fully saturated rings. The van der Waals surface area contributed by atoms with E-state index in [9.17, 15) is 19.7 Å². The SMILES string of the molecule is Cc1cc(=O)[nH]c(NN2[C@@H](Cl)C(=O)[C@H]2c2ccc([N+](=O)[O-])cc2)n1. The number of H-pyrrole nitrogens is 1. The van der Waals surface area contributed by atoms with Gasteiger partial charge in [0, 0.05) is 23.9 Å². The number of nitro groups is 1. The number of hydrazine groups is 1. The Morgan fingerprint density at radius 2 is 2.00 bits per heavy atom. The van der Waals surface area contributed by atoms with Gasteiger partial charge in [-0.2, -0.15) is 5.01 Å². The number of aryl methyl sites for hydroxylation is 1. The molecule has 0 bridgehead atoms. The van der Waals surface area contributed by atoms with Crippen LogP contribution in [0.2, 0.25) is 0 Å². The van der Waals surface area contributed by atoms with Crippen molar-refractivity contribution in [1.82, 2.24) is 15.0 Å². The first-order chi connectivity index (χ1) is 11.4. The summed E-state index contributed by atoms with van der Waals surface area (Å²) in [4.78, 5) is 40.4. The van der Waals surface area contributed by atoms with Crippen LogP contribution < -0.4 is 11.0 Å². The number of rotatable bonds is 4. The van der Waals surface area contributed by atoms with Gasteiger partial charge in [-0.3, -0.25) is 30.1 Å². The lowest BCUT2D eigenvalue weighted by Gasteiger charge is -2.43. The zero-order chi connectivity index (χ0) is 17.4. The molecule has 0 spiro atoms. The molecule has 2 heterocycles. The standard InChI is InChI=1S/C14H12ClN5O4/c1-7-6-10(21)17-14(16-7)18-19-11(12(22)13(19)15)8-2-4-9(5-3-8)20(23)24/h2-6,11,13H,1H3,(H2,16,17,18,21)/t11-,13-/m1/s1. The number of aromatic amines is 1. The molecular formula is C14H12ClN5O4. The largest absolute Gasteiger partial charge is 0.294 e. The lowest BCUT2D eigenvalue weighted by Crippen LogP contribution is -2.59. The van der Waals surface area contributed by atoms with Crippen LogP contribution >= 0.6 is 11.6 Å². The second-order valence-corrected chi connectivity index (χ2v) is 5.66. The van der Waals surface area contributed by atoms with Gasteiger partial charge >= 0.3 is 0 Å². The molecule has 0 radical (unpaired) electrons. The number of ketones is 1. The molecule has 2 N–H and O–H groups in total. The van der Waals surface area contributed by atoms with E-state index < -0.39 is 16.5 Å². The Morgan fingerprint density at radius 1 is 1.33 bits per heavy atom. The highest BCUT2D eigenvalue weighted by Gasteiger charge is 2.48. The van der Waals surface area contributed by atoms with Crippen LogP contribution in [-0.4, -0.2) is 31.2 Å². The molecule has 24 heavy (non-hydrogen) atoms. The number of halogens is 1. The van der Waals surface area contributed by atoms with Gasteiger partial charge in [0.15, 0.2) is 11.3 Å². The fourth-order valence-corrected chi connectivity index (χ4v) is 2.71. The molecule has 124 valence electrons. The van der Waals surface area contributed by atoms with Crippen molar-refractivity contribution < 1.29 is 9.72 Å². The van der Waals surface area contributed by atoms with Gasteiger partial charge in [-0.05, 0) is 12.5 Å². The Balaban J connectivity index is 1.85. The fourth-order valence-electron chi connectivity index (χ4n) is 2.43. The molecule has 1 aromatic carbocycles. The second-order valence-electron chi connectivity index (χ2n) is 5.24. The molecule has 1 aliphatic rings. The maximum Gasteiger partial charge on any atom is 0.269 e. The van der Waals surface area contributed by atoms with Crippen molar-refractivity contribution in [2.24, 2.45) is 0 Å². The van der Waals surface area contributed by atoms with Crippen LogP contribution in [0.3, 0.4) is 0 Å². The second kappa shape index (κ2) is 6.02. The zero-order valence-electron chi connectivity index (χ0n) is 12.4. The number of nitrogens with one attached hydrogen (secondary N) is 2. The molecule has 2 atom stereocenters. The molecule has 0 amide bonds. The summed E-state index contributed by atoms with van der Waals surface area (Å²) in [5.41, 5.74) is 2.51. The molecule has 0 unspecified atom stereocenters. The summed E-state index contributed by atoms with van der Waals surface area (Å²) >= 11 is 6.01. The Hall–Kier alpha value is -2.78. The van der Waals surface area contributed by atoms with E-state index in [2.05, 4.69) is 15.4 Å². The lowest BCUT2D eigenvalue weighted by atomic mass is 9.95. The average molecular weight is 350 g/mol. The van der Waals surface area contributed by atoms with E-state index >= 15 is 0 Å². The van der Waals surface area contributed by atoms with E-state index in [-0.39, 0.29) is 23.0 Å². The first-order valence-electron chi connectivity index (χ1n) is 6.92. The topological polar surface area (TPSA) is 121 Å². The number of alkyl halides is 1. The van der Waals surface area contributed by atoms with Gasteiger partial charge in [0.1, 0.15) is 6.04 Å². The van der Waals surface area contributed by atoms with Crippen LogP contribution in [0.4, 0.5) is 11.6 Å². The Labute approximate surface area is 140 Å². The van der Waals surface area contributed by atoms with E-state index in [1.807, 2.05) is 0 Å². The molecule has 0 aliphatic carbocycles. The van der Waals surface area contributed by atoms with E-state index in [4.69, 9.17) is 11.6 Å². The van der Waals surface area contributed by atoms with Crippen LogP contribution in [0.1, 0.15) is 17.3 Å². The number of Topliss-reactive ketones (excluding diaryl/α,β-unsaturated/α-hetero) is 1. The van der Waals surface area contributed by atoms with Crippen molar-refractivity contribution in [2.45, 2.75) is 18.5 Å². The molecule has 9 nitrogen and oxygen atoms in total. The van der Waals surface area contributed by atoms with Gasteiger partial charge in [0.25, 0.3) is 11.2 Å². The number of non-ortho nitro benzene ring substituents is 1. The van der Waals surface area contributed by atoms with E-state index in [0.717, 1.165) is 0 Å². The third-order valence-electron chi connectivity index (χ3n) is 3.55. The Kier molecular flexibility index (Phi) is 4.04. The summed E-state index contributed by atoms with van der Waals surface area (Å²) in [6.07, 6.45) is 0. The van der Waals surface area contributed by atoms with Crippen molar-refractivity contribution in [1.29, 1.82) is 0 Å². The Bertz CT molecular complexity index is 866. The van der Waals surface area contributed by atoms with E-state index in [1.165, 1.54) is 35.3 Å². The predicted molar refractivity (Wildman–Crippen MR) is 85.5 cm³/mol. The zero-order valence-corrected chi connectivity index (χ0v) is 13.1.